The predicted octanol–water partition coefficient (Wildman–Crippen LogP) is 4.27. The van der Waals surface area contributed by atoms with Crippen LogP contribution in [0.3, 0.4) is 0 Å². The largest absolute Gasteiger partial charge is 0.328 e. The summed E-state index contributed by atoms with van der Waals surface area (Å²) in [6.45, 7) is 0. The lowest BCUT2D eigenvalue weighted by molar-refractivity contribution is 0.876. The maximum absolute atomic E-state index is 5.97. The summed E-state index contributed by atoms with van der Waals surface area (Å²) in [7, 11) is 1.96. The Morgan fingerprint density at radius 2 is 2.00 bits per heavy atom. The number of aryl methyl sites for hydroxylation is 3. The van der Waals surface area contributed by atoms with Crippen molar-refractivity contribution in [1.29, 1.82) is 0 Å². The van der Waals surface area contributed by atoms with Gasteiger partial charge in [0, 0.05) is 7.05 Å². The molecular weight excluding hydrogens is 323 g/mol. The van der Waals surface area contributed by atoms with E-state index in [9.17, 15) is 0 Å². The van der Waals surface area contributed by atoms with Crippen molar-refractivity contribution in [2.75, 3.05) is 0 Å². The second kappa shape index (κ2) is 5.42. The van der Waals surface area contributed by atoms with E-state index in [0.717, 1.165) is 28.7 Å². The van der Waals surface area contributed by atoms with Crippen LogP contribution in [0.4, 0.5) is 0 Å². The Morgan fingerprint density at radius 3 is 2.59 bits per heavy atom. The third-order valence-electron chi connectivity index (χ3n) is 2.57. The van der Waals surface area contributed by atoms with Gasteiger partial charge in [-0.3, -0.25) is 0 Å². The van der Waals surface area contributed by atoms with E-state index in [1.54, 1.807) is 6.33 Å². The van der Waals surface area contributed by atoms with Crippen LogP contribution in [0.15, 0.2) is 29.1 Å². The second-order valence-corrected chi connectivity index (χ2v) is 5.41. The Morgan fingerprint density at radius 1 is 1.24 bits per heavy atom. The molecule has 17 heavy (non-hydrogen) atoms. The zero-order chi connectivity index (χ0) is 12.4. The molecule has 0 atom stereocenters. The molecule has 0 unspecified atom stereocenters. The number of hydrogen-bond acceptors (Lipinski definition) is 1. The number of imidazole rings is 1. The lowest BCUT2D eigenvalue weighted by Gasteiger charge is -2.02. The van der Waals surface area contributed by atoms with Crippen molar-refractivity contribution in [3.8, 4) is 0 Å². The van der Waals surface area contributed by atoms with Gasteiger partial charge in [-0.05, 0) is 46.5 Å². The molecule has 1 aromatic heterocycles. The quantitative estimate of drug-likeness (QED) is 0.820. The molecule has 0 saturated carbocycles. The first-order valence-electron chi connectivity index (χ1n) is 5.17. The fourth-order valence-corrected chi connectivity index (χ4v) is 2.30. The fraction of sp³-hybridized carbons (Fsp3) is 0.250. The van der Waals surface area contributed by atoms with Crippen molar-refractivity contribution in [1.82, 2.24) is 9.55 Å². The van der Waals surface area contributed by atoms with Crippen molar-refractivity contribution in [3.05, 3.63) is 50.4 Å². The van der Waals surface area contributed by atoms with Gasteiger partial charge < -0.3 is 4.57 Å². The van der Waals surface area contributed by atoms with E-state index in [0.29, 0.717) is 10.0 Å². The molecule has 0 aliphatic heterocycles. The minimum atomic E-state index is 0.592. The molecule has 1 heterocycles. The van der Waals surface area contributed by atoms with Crippen LogP contribution in [0.1, 0.15) is 11.3 Å². The Bertz CT molecular complexity index is 537. The number of halogens is 3. The Kier molecular flexibility index (Phi) is 4.13. The predicted molar refractivity (Wildman–Crippen MR) is 74.8 cm³/mol. The van der Waals surface area contributed by atoms with Crippen LogP contribution in [0.5, 0.6) is 0 Å². The molecule has 0 amide bonds. The van der Waals surface area contributed by atoms with Gasteiger partial charge in [-0.15, -0.1) is 0 Å². The van der Waals surface area contributed by atoms with Gasteiger partial charge in [0.15, 0.2) is 0 Å². The van der Waals surface area contributed by atoms with Crippen LogP contribution < -0.4 is 0 Å². The number of nitrogens with zero attached hydrogens (tertiary/aromatic N) is 2. The Labute approximate surface area is 119 Å². The maximum Gasteiger partial charge on any atom is 0.107 e. The van der Waals surface area contributed by atoms with Crippen molar-refractivity contribution in [2.45, 2.75) is 12.8 Å². The topological polar surface area (TPSA) is 17.8 Å². The SMILES string of the molecule is Cn1cnc(CCc2ccc(Cl)c(Cl)c2)c1Br. The number of benzene rings is 1. The molecule has 0 spiro atoms. The zero-order valence-corrected chi connectivity index (χ0v) is 12.3. The molecule has 2 nitrogen and oxygen atoms in total. The Balaban J connectivity index is 2.07. The smallest absolute Gasteiger partial charge is 0.107 e. The van der Waals surface area contributed by atoms with Gasteiger partial charge in [0.2, 0.25) is 0 Å². The van der Waals surface area contributed by atoms with Crippen molar-refractivity contribution < 1.29 is 0 Å². The maximum atomic E-state index is 5.97. The van der Waals surface area contributed by atoms with Crippen LogP contribution in [0.2, 0.25) is 10.0 Å². The summed E-state index contributed by atoms with van der Waals surface area (Å²) >= 11 is 15.3. The molecule has 0 radical (unpaired) electrons. The van der Waals surface area contributed by atoms with E-state index in [1.165, 1.54) is 0 Å². The molecular formula is C12H11BrCl2N2. The monoisotopic (exact) mass is 332 g/mol. The molecule has 2 rings (SSSR count). The summed E-state index contributed by atoms with van der Waals surface area (Å²) in [5.41, 5.74) is 2.22. The normalized spacial score (nSPS) is 10.8. The minimum absolute atomic E-state index is 0.592. The average molecular weight is 334 g/mol. The van der Waals surface area contributed by atoms with E-state index in [4.69, 9.17) is 23.2 Å². The summed E-state index contributed by atoms with van der Waals surface area (Å²) in [6.07, 6.45) is 3.57. The van der Waals surface area contributed by atoms with Crippen molar-refractivity contribution in [2.24, 2.45) is 7.05 Å². The first kappa shape index (κ1) is 12.9. The highest BCUT2D eigenvalue weighted by Crippen LogP contribution is 2.24. The lowest BCUT2D eigenvalue weighted by atomic mass is 10.1. The highest BCUT2D eigenvalue weighted by molar-refractivity contribution is 9.10. The molecule has 2 aromatic rings. The van der Waals surface area contributed by atoms with E-state index in [2.05, 4.69) is 20.9 Å². The van der Waals surface area contributed by atoms with Crippen LogP contribution in [0.25, 0.3) is 0 Å². The fourth-order valence-electron chi connectivity index (χ4n) is 1.59. The van der Waals surface area contributed by atoms with Crippen LogP contribution in [-0.4, -0.2) is 9.55 Å². The second-order valence-electron chi connectivity index (χ2n) is 3.84. The summed E-state index contributed by atoms with van der Waals surface area (Å²) in [5, 5.41) is 1.19. The molecule has 0 N–H and O–H groups in total. The summed E-state index contributed by atoms with van der Waals surface area (Å²) in [4.78, 5) is 4.33. The number of rotatable bonds is 3. The van der Waals surface area contributed by atoms with Gasteiger partial charge in [0.25, 0.3) is 0 Å². The van der Waals surface area contributed by atoms with Crippen LogP contribution in [0, 0.1) is 0 Å². The number of hydrogen-bond donors (Lipinski definition) is 0. The first-order valence-corrected chi connectivity index (χ1v) is 6.72. The van der Waals surface area contributed by atoms with Gasteiger partial charge in [-0.1, -0.05) is 29.3 Å². The molecule has 0 aliphatic rings. The molecule has 1 aromatic carbocycles. The van der Waals surface area contributed by atoms with Crippen LogP contribution >= 0.6 is 39.1 Å². The third kappa shape index (κ3) is 3.03. The molecule has 0 fully saturated rings. The standard InChI is InChI=1S/C12H11BrCl2N2/c1-17-7-16-11(12(17)13)5-3-8-2-4-9(14)10(15)6-8/h2,4,6-7H,3,5H2,1H3. The highest BCUT2D eigenvalue weighted by Gasteiger charge is 2.06. The highest BCUT2D eigenvalue weighted by atomic mass is 79.9. The van der Waals surface area contributed by atoms with Crippen molar-refractivity contribution in [3.63, 3.8) is 0 Å². The van der Waals surface area contributed by atoms with E-state index in [-0.39, 0.29) is 0 Å². The number of aromatic nitrogens is 2. The summed E-state index contributed by atoms with van der Waals surface area (Å²) in [6, 6.07) is 5.72. The summed E-state index contributed by atoms with van der Waals surface area (Å²) < 4.78 is 2.97. The van der Waals surface area contributed by atoms with Crippen LogP contribution in [-0.2, 0) is 19.9 Å². The first-order chi connectivity index (χ1) is 8.08. The Hall–Kier alpha value is -0.510. The third-order valence-corrected chi connectivity index (χ3v) is 4.33. The minimum Gasteiger partial charge on any atom is -0.328 e. The zero-order valence-electron chi connectivity index (χ0n) is 9.25. The van der Waals surface area contributed by atoms with Gasteiger partial charge in [0.05, 0.1) is 22.1 Å². The van der Waals surface area contributed by atoms with Gasteiger partial charge in [0.1, 0.15) is 4.60 Å². The lowest BCUT2D eigenvalue weighted by Crippen LogP contribution is -1.93. The molecule has 5 heteroatoms. The molecule has 0 aliphatic carbocycles. The van der Waals surface area contributed by atoms with E-state index >= 15 is 0 Å². The van der Waals surface area contributed by atoms with E-state index < -0.39 is 0 Å². The molecule has 0 saturated heterocycles. The van der Waals surface area contributed by atoms with Crippen molar-refractivity contribution >= 4 is 39.1 Å². The van der Waals surface area contributed by atoms with Gasteiger partial charge >= 0.3 is 0 Å². The van der Waals surface area contributed by atoms with Gasteiger partial charge in [-0.25, -0.2) is 4.98 Å². The summed E-state index contributed by atoms with van der Waals surface area (Å²) in [5.74, 6) is 0. The average Bonchev–Trinajstić information content (AvgIpc) is 2.62. The van der Waals surface area contributed by atoms with E-state index in [1.807, 2.05) is 29.8 Å². The van der Waals surface area contributed by atoms with Gasteiger partial charge in [-0.2, -0.15) is 0 Å². The molecule has 0 bridgehead atoms. The molecule has 90 valence electrons.